The molecule has 2 aliphatic rings. The Labute approximate surface area is 217 Å². The molecule has 0 unspecified atom stereocenters. The highest BCUT2D eigenvalue weighted by molar-refractivity contribution is 7.98. The Hall–Kier alpha value is -2.79. The van der Waals surface area contributed by atoms with Gasteiger partial charge in [0.15, 0.2) is 5.82 Å². The number of pyridine rings is 1. The first-order valence-electron chi connectivity index (χ1n) is 12.3. The lowest BCUT2D eigenvalue weighted by Crippen LogP contribution is -2.40. The number of hydrogen-bond donors (Lipinski definition) is 1. The van der Waals surface area contributed by atoms with Gasteiger partial charge in [0.25, 0.3) is 5.91 Å². The van der Waals surface area contributed by atoms with E-state index < -0.39 is 8.07 Å². The fourth-order valence-electron chi connectivity index (χ4n) is 5.23. The third-order valence-corrected chi connectivity index (χ3v) is 9.45. The minimum Gasteiger partial charge on any atom is -0.477 e. The molecule has 1 fully saturated rings. The van der Waals surface area contributed by atoms with E-state index >= 15 is 0 Å². The van der Waals surface area contributed by atoms with E-state index in [0.717, 1.165) is 23.1 Å². The zero-order valence-electron chi connectivity index (χ0n) is 22.1. The van der Waals surface area contributed by atoms with Crippen LogP contribution in [0.25, 0.3) is 5.82 Å². The fraction of sp³-hybridized carbons (Fsp3) is 0.520. The van der Waals surface area contributed by atoms with Crippen LogP contribution < -0.4 is 14.4 Å². The minimum absolute atomic E-state index is 0.175. The lowest BCUT2D eigenvalue weighted by molar-refractivity contribution is 0.0984. The first-order valence-corrected chi connectivity index (χ1v) is 16.9. The molecule has 0 radical (unpaired) electrons. The van der Waals surface area contributed by atoms with Gasteiger partial charge >= 0.3 is 0 Å². The maximum Gasteiger partial charge on any atom is 0.265 e. The summed E-state index contributed by atoms with van der Waals surface area (Å²) in [4.78, 5) is 21.5. The first-order chi connectivity index (χ1) is 16.8. The maximum absolute atomic E-state index is 13.3. The van der Waals surface area contributed by atoms with Crippen LogP contribution in [0.2, 0.25) is 25.7 Å². The summed E-state index contributed by atoms with van der Waals surface area (Å²) < 4.78 is 12.5. The van der Waals surface area contributed by atoms with Gasteiger partial charge < -0.3 is 9.64 Å². The van der Waals surface area contributed by atoms with E-state index in [9.17, 15) is 4.79 Å². The second-order valence-electron chi connectivity index (χ2n) is 12.0. The van der Waals surface area contributed by atoms with Crippen LogP contribution >= 0.6 is 11.9 Å². The van der Waals surface area contributed by atoms with Crippen molar-refractivity contribution < 1.29 is 9.53 Å². The van der Waals surface area contributed by atoms with Crippen LogP contribution in [-0.2, 0) is 12.5 Å². The summed E-state index contributed by atoms with van der Waals surface area (Å²) in [6.07, 6.45) is 4.72. The molecule has 5 rings (SSSR count). The van der Waals surface area contributed by atoms with E-state index in [4.69, 9.17) is 14.8 Å². The normalized spacial score (nSPS) is 21.1. The Kier molecular flexibility index (Phi) is 5.98. The van der Waals surface area contributed by atoms with Crippen LogP contribution in [0.15, 0.2) is 35.5 Å². The third kappa shape index (κ3) is 4.66. The standard InChI is InChI=1S/C25H35N7O2SSi/c1-24(2)15-25(3)16-31(24)22-17(23(33)29-35-18-14-30(4)28-21(18)25)8-9-19(26-22)32-11-10-20(27-32)34-12-13-36(5,6)7/h8-11,14H,12-13,15-16H2,1-7H3,(H,29,33)/t25-/m1/s1. The molecule has 0 aromatic carbocycles. The van der Waals surface area contributed by atoms with Crippen LogP contribution in [0.4, 0.5) is 5.82 Å². The number of anilines is 1. The monoisotopic (exact) mass is 525 g/mol. The predicted octanol–water partition coefficient (Wildman–Crippen LogP) is 4.41. The van der Waals surface area contributed by atoms with Gasteiger partial charge in [-0.25, -0.2) is 9.67 Å². The molecule has 11 heteroatoms. The van der Waals surface area contributed by atoms with Crippen molar-refractivity contribution in [2.75, 3.05) is 18.1 Å². The van der Waals surface area contributed by atoms with Gasteiger partial charge in [0.05, 0.1) is 22.8 Å². The SMILES string of the molecule is Cn1cc2c(n1)[C@@]1(C)CN(c3nc(-n4ccc(OCC[Si](C)(C)C)n4)ccc3C(=O)NS2)C(C)(C)C1. The highest BCUT2D eigenvalue weighted by Crippen LogP contribution is 2.48. The lowest BCUT2D eigenvalue weighted by atomic mass is 9.81. The van der Waals surface area contributed by atoms with Gasteiger partial charge in [-0.2, -0.15) is 5.10 Å². The van der Waals surface area contributed by atoms with Gasteiger partial charge in [0.1, 0.15) is 5.82 Å². The summed E-state index contributed by atoms with van der Waals surface area (Å²) in [5.41, 5.74) is 1.15. The second kappa shape index (κ2) is 8.65. The molecule has 2 aliphatic heterocycles. The highest BCUT2D eigenvalue weighted by atomic mass is 32.2. The van der Waals surface area contributed by atoms with Crippen molar-refractivity contribution in [1.29, 1.82) is 0 Å². The molecule has 0 spiro atoms. The van der Waals surface area contributed by atoms with Crippen molar-refractivity contribution in [3.8, 4) is 11.7 Å². The van der Waals surface area contributed by atoms with Gasteiger partial charge in [-0.1, -0.05) is 26.6 Å². The van der Waals surface area contributed by atoms with Crippen molar-refractivity contribution >= 4 is 31.7 Å². The van der Waals surface area contributed by atoms with Crippen LogP contribution in [0.1, 0.15) is 43.2 Å². The van der Waals surface area contributed by atoms with Gasteiger partial charge in [-0.15, -0.1) is 5.10 Å². The molecule has 3 aromatic rings. The molecule has 3 aromatic heterocycles. The van der Waals surface area contributed by atoms with Gasteiger partial charge in [0, 0.05) is 51.1 Å². The van der Waals surface area contributed by atoms with Crippen LogP contribution in [0, 0.1) is 0 Å². The molecule has 192 valence electrons. The Morgan fingerprint density at radius 3 is 2.69 bits per heavy atom. The molecule has 1 atom stereocenters. The van der Waals surface area contributed by atoms with Crippen LogP contribution in [0.3, 0.4) is 0 Å². The van der Waals surface area contributed by atoms with E-state index in [-0.39, 0.29) is 16.9 Å². The minimum atomic E-state index is -1.18. The number of ether oxygens (including phenoxy) is 1. The van der Waals surface area contributed by atoms with Gasteiger partial charge in [0.2, 0.25) is 5.88 Å². The van der Waals surface area contributed by atoms with Crippen molar-refractivity contribution in [2.45, 2.75) is 68.7 Å². The zero-order chi connectivity index (χ0) is 25.9. The number of aryl methyl sites for hydroxylation is 1. The number of hydrogen-bond acceptors (Lipinski definition) is 7. The molecule has 9 nitrogen and oxygen atoms in total. The Bertz CT molecular complexity index is 1310. The van der Waals surface area contributed by atoms with Crippen molar-refractivity contribution in [2.24, 2.45) is 7.05 Å². The van der Waals surface area contributed by atoms with E-state index in [1.807, 2.05) is 42.3 Å². The van der Waals surface area contributed by atoms with E-state index in [1.54, 1.807) is 4.68 Å². The maximum atomic E-state index is 13.3. The highest BCUT2D eigenvalue weighted by Gasteiger charge is 2.50. The van der Waals surface area contributed by atoms with E-state index in [2.05, 4.69) is 55.1 Å². The summed E-state index contributed by atoms with van der Waals surface area (Å²) >= 11 is 1.33. The average Bonchev–Trinajstić information content (AvgIpc) is 3.46. The number of carbonyl (C=O) groups excluding carboxylic acids is 1. The molecule has 0 saturated carbocycles. The first kappa shape index (κ1) is 24.9. The Balaban J connectivity index is 1.51. The molecular formula is C25H35N7O2SSi. The Morgan fingerprint density at radius 2 is 1.94 bits per heavy atom. The fourth-order valence-corrected chi connectivity index (χ4v) is 6.84. The molecule has 1 N–H and O–H groups in total. The smallest absolute Gasteiger partial charge is 0.265 e. The molecular weight excluding hydrogens is 490 g/mol. The largest absolute Gasteiger partial charge is 0.477 e. The average molecular weight is 526 g/mol. The number of aromatic nitrogens is 5. The van der Waals surface area contributed by atoms with Crippen molar-refractivity contribution in [3.05, 3.63) is 41.9 Å². The zero-order valence-corrected chi connectivity index (χ0v) is 23.9. The predicted molar refractivity (Wildman–Crippen MR) is 145 cm³/mol. The summed E-state index contributed by atoms with van der Waals surface area (Å²) in [6.45, 7) is 15.0. The lowest BCUT2D eigenvalue weighted by Gasteiger charge is -2.34. The number of amides is 1. The molecule has 5 heterocycles. The molecule has 1 amide bonds. The quantitative estimate of drug-likeness (QED) is 0.390. The number of carbonyl (C=O) groups is 1. The van der Waals surface area contributed by atoms with E-state index in [0.29, 0.717) is 36.2 Å². The molecule has 1 saturated heterocycles. The van der Waals surface area contributed by atoms with Gasteiger partial charge in [-0.05, 0) is 50.4 Å². The Morgan fingerprint density at radius 1 is 1.17 bits per heavy atom. The van der Waals surface area contributed by atoms with Crippen molar-refractivity contribution in [3.63, 3.8) is 0 Å². The van der Waals surface area contributed by atoms with Gasteiger partial charge in [-0.3, -0.25) is 14.2 Å². The molecule has 2 bridgehead atoms. The summed E-state index contributed by atoms with van der Waals surface area (Å²) in [5, 5.41) is 9.40. The van der Waals surface area contributed by atoms with Crippen molar-refractivity contribution in [1.82, 2.24) is 29.3 Å². The second-order valence-corrected chi connectivity index (χ2v) is 18.5. The van der Waals surface area contributed by atoms with Crippen LogP contribution in [-0.4, -0.2) is 57.2 Å². The number of nitrogens with zero attached hydrogens (tertiary/aromatic N) is 6. The van der Waals surface area contributed by atoms with Crippen LogP contribution in [0.5, 0.6) is 5.88 Å². The summed E-state index contributed by atoms with van der Waals surface area (Å²) in [6, 6.07) is 6.62. The molecule has 36 heavy (non-hydrogen) atoms. The number of rotatable bonds is 5. The topological polar surface area (TPSA) is 90.1 Å². The third-order valence-electron chi connectivity index (χ3n) is 6.94. The van der Waals surface area contributed by atoms with E-state index in [1.165, 1.54) is 11.9 Å². The number of nitrogens with one attached hydrogen (secondary N) is 1. The number of fused-ring (bicyclic) bond motifs is 6. The molecule has 0 aliphatic carbocycles. The summed E-state index contributed by atoms with van der Waals surface area (Å²) in [7, 11) is 0.743. The summed E-state index contributed by atoms with van der Waals surface area (Å²) in [5.74, 6) is 1.72.